The maximum Gasteiger partial charge on any atom is 0.573 e. The van der Waals surface area contributed by atoms with E-state index in [1.165, 1.54) is 12.1 Å². The summed E-state index contributed by atoms with van der Waals surface area (Å²) in [6.07, 6.45) is -1.39. The molecule has 0 aliphatic carbocycles. The molecule has 0 radical (unpaired) electrons. The molecule has 1 saturated heterocycles. The average molecular weight is 302 g/mol. The summed E-state index contributed by atoms with van der Waals surface area (Å²) in [7, 11) is 0. The van der Waals surface area contributed by atoms with Gasteiger partial charge in [-0.3, -0.25) is 0 Å². The van der Waals surface area contributed by atoms with E-state index in [1.807, 2.05) is 0 Å². The van der Waals surface area contributed by atoms with Gasteiger partial charge in [-0.2, -0.15) is 0 Å². The molecule has 118 valence electrons. The van der Waals surface area contributed by atoms with E-state index < -0.39 is 6.36 Å². The zero-order chi connectivity index (χ0) is 15.3. The Kier molecular flexibility index (Phi) is 5.33. The van der Waals surface area contributed by atoms with Gasteiger partial charge in [0.25, 0.3) is 0 Å². The van der Waals surface area contributed by atoms with Crippen molar-refractivity contribution in [3.05, 3.63) is 24.3 Å². The molecule has 1 fully saturated rings. The van der Waals surface area contributed by atoms with Crippen LogP contribution in [0.3, 0.4) is 0 Å². The maximum absolute atomic E-state index is 12.1. The van der Waals surface area contributed by atoms with Crippen molar-refractivity contribution in [3.8, 4) is 5.75 Å². The molecule has 0 amide bonds. The minimum absolute atomic E-state index is 0.177. The first kappa shape index (κ1) is 15.9. The van der Waals surface area contributed by atoms with Crippen LogP contribution in [0.5, 0.6) is 5.75 Å². The molecule has 0 spiro atoms. The third-order valence-corrected chi connectivity index (χ3v) is 3.55. The molecule has 0 saturated carbocycles. The fourth-order valence-corrected chi connectivity index (χ4v) is 2.63. The summed E-state index contributed by atoms with van der Waals surface area (Å²) >= 11 is 0. The lowest BCUT2D eigenvalue weighted by Gasteiger charge is -2.26. The first-order valence-corrected chi connectivity index (χ1v) is 7.32. The van der Waals surface area contributed by atoms with E-state index in [-0.39, 0.29) is 5.75 Å². The lowest BCUT2D eigenvalue weighted by atomic mass is 10.1. The van der Waals surface area contributed by atoms with Crippen molar-refractivity contribution in [2.24, 2.45) is 0 Å². The topological polar surface area (TPSA) is 24.5 Å². The molecule has 1 aliphatic rings. The Morgan fingerprint density at radius 1 is 1.29 bits per heavy atom. The smallest absolute Gasteiger partial charge is 0.406 e. The monoisotopic (exact) mass is 302 g/mol. The number of anilines is 1. The highest BCUT2D eigenvalue weighted by molar-refractivity contribution is 5.49. The Morgan fingerprint density at radius 3 is 2.62 bits per heavy atom. The van der Waals surface area contributed by atoms with E-state index in [1.54, 1.807) is 12.1 Å². The first-order valence-electron chi connectivity index (χ1n) is 7.32. The van der Waals surface area contributed by atoms with Gasteiger partial charge in [0, 0.05) is 24.8 Å². The lowest BCUT2D eigenvalue weighted by Crippen LogP contribution is -2.37. The van der Waals surface area contributed by atoms with Crippen molar-refractivity contribution < 1.29 is 17.9 Å². The summed E-state index contributed by atoms with van der Waals surface area (Å²) in [4.78, 5) is 2.22. The molecular weight excluding hydrogens is 281 g/mol. The van der Waals surface area contributed by atoms with E-state index in [0.29, 0.717) is 6.04 Å². The van der Waals surface area contributed by atoms with Crippen LogP contribution in [0, 0.1) is 0 Å². The van der Waals surface area contributed by atoms with Gasteiger partial charge < -0.3 is 15.0 Å². The molecule has 1 atom stereocenters. The number of nitrogens with one attached hydrogen (secondary N) is 1. The summed E-state index contributed by atoms with van der Waals surface area (Å²) < 4.78 is 40.3. The third kappa shape index (κ3) is 5.12. The molecule has 0 aromatic heterocycles. The highest BCUT2D eigenvalue weighted by Crippen LogP contribution is 2.26. The van der Waals surface area contributed by atoms with Crippen molar-refractivity contribution in [3.63, 3.8) is 0 Å². The van der Waals surface area contributed by atoms with Gasteiger partial charge in [0.15, 0.2) is 0 Å². The van der Waals surface area contributed by atoms with Crippen molar-refractivity contribution in [1.82, 2.24) is 5.32 Å². The van der Waals surface area contributed by atoms with E-state index in [9.17, 15) is 13.2 Å². The second-order valence-electron chi connectivity index (χ2n) is 5.28. The predicted octanol–water partition coefficient (Wildman–Crippen LogP) is 3.55. The SMILES string of the molecule is CCCC1CN(c2ccc(OC(F)(F)F)cc2)CCCN1. The van der Waals surface area contributed by atoms with Crippen LogP contribution in [0.4, 0.5) is 18.9 Å². The lowest BCUT2D eigenvalue weighted by molar-refractivity contribution is -0.274. The van der Waals surface area contributed by atoms with Crippen LogP contribution in [0.25, 0.3) is 0 Å². The second-order valence-corrected chi connectivity index (χ2v) is 5.28. The van der Waals surface area contributed by atoms with E-state index >= 15 is 0 Å². The number of alkyl halides is 3. The van der Waals surface area contributed by atoms with Crippen LogP contribution >= 0.6 is 0 Å². The summed E-state index contributed by atoms with van der Waals surface area (Å²) in [5.41, 5.74) is 0.939. The Balaban J connectivity index is 2.02. The zero-order valence-electron chi connectivity index (χ0n) is 12.1. The number of benzene rings is 1. The largest absolute Gasteiger partial charge is 0.573 e. The van der Waals surface area contributed by atoms with Crippen molar-refractivity contribution in [2.45, 2.75) is 38.6 Å². The number of halogens is 3. The van der Waals surface area contributed by atoms with Gasteiger partial charge in [0.2, 0.25) is 0 Å². The van der Waals surface area contributed by atoms with Crippen LogP contribution < -0.4 is 15.0 Å². The molecule has 1 aromatic rings. The standard InChI is InChI=1S/C15H21F3N2O/c1-2-4-12-11-20(10-3-9-19-12)13-5-7-14(8-6-13)21-15(16,17)18/h5-8,12,19H,2-4,9-11H2,1H3. The van der Waals surface area contributed by atoms with E-state index in [0.717, 1.165) is 44.6 Å². The normalized spacial score (nSPS) is 20.2. The fraction of sp³-hybridized carbons (Fsp3) is 0.600. The Hall–Kier alpha value is -1.43. The average Bonchev–Trinajstić information content (AvgIpc) is 2.64. The number of rotatable bonds is 4. The zero-order valence-corrected chi connectivity index (χ0v) is 12.1. The minimum atomic E-state index is -4.64. The van der Waals surface area contributed by atoms with Crippen LogP contribution in [0.15, 0.2) is 24.3 Å². The van der Waals surface area contributed by atoms with Crippen molar-refractivity contribution in [2.75, 3.05) is 24.5 Å². The highest BCUT2D eigenvalue weighted by Gasteiger charge is 2.31. The number of nitrogens with zero attached hydrogens (tertiary/aromatic N) is 1. The summed E-state index contributed by atoms with van der Waals surface area (Å²) in [6, 6.07) is 6.56. The molecule has 2 rings (SSSR count). The Bertz CT molecular complexity index is 434. The summed E-state index contributed by atoms with van der Waals surface area (Å²) in [6.45, 7) is 4.93. The maximum atomic E-state index is 12.1. The number of ether oxygens (including phenoxy) is 1. The van der Waals surface area contributed by atoms with Crippen LogP contribution in [0.2, 0.25) is 0 Å². The van der Waals surface area contributed by atoms with Crippen molar-refractivity contribution >= 4 is 5.69 Å². The second kappa shape index (κ2) is 7.02. The summed E-state index contributed by atoms with van der Waals surface area (Å²) in [5.74, 6) is -0.177. The highest BCUT2D eigenvalue weighted by atomic mass is 19.4. The van der Waals surface area contributed by atoms with Gasteiger partial charge in [0.05, 0.1) is 0 Å². The van der Waals surface area contributed by atoms with Gasteiger partial charge in [0.1, 0.15) is 5.75 Å². The molecule has 1 aliphatic heterocycles. The Labute approximate surface area is 123 Å². The molecule has 21 heavy (non-hydrogen) atoms. The van der Waals surface area contributed by atoms with Crippen LogP contribution in [-0.4, -0.2) is 32.0 Å². The number of hydrogen-bond acceptors (Lipinski definition) is 3. The molecule has 3 nitrogen and oxygen atoms in total. The Morgan fingerprint density at radius 2 is 2.00 bits per heavy atom. The van der Waals surface area contributed by atoms with Crippen molar-refractivity contribution in [1.29, 1.82) is 0 Å². The van der Waals surface area contributed by atoms with E-state index in [2.05, 4.69) is 21.9 Å². The van der Waals surface area contributed by atoms with Crippen LogP contribution in [0.1, 0.15) is 26.2 Å². The molecule has 0 bridgehead atoms. The van der Waals surface area contributed by atoms with E-state index in [4.69, 9.17) is 0 Å². The van der Waals surface area contributed by atoms with Gasteiger partial charge in [-0.15, -0.1) is 13.2 Å². The molecule has 6 heteroatoms. The molecule has 1 unspecified atom stereocenters. The number of hydrogen-bond donors (Lipinski definition) is 1. The fourth-order valence-electron chi connectivity index (χ4n) is 2.63. The summed E-state index contributed by atoms with van der Waals surface area (Å²) in [5, 5.41) is 3.51. The predicted molar refractivity (Wildman–Crippen MR) is 76.7 cm³/mol. The van der Waals surface area contributed by atoms with Gasteiger partial charge >= 0.3 is 6.36 Å². The quantitative estimate of drug-likeness (QED) is 0.920. The van der Waals surface area contributed by atoms with Gasteiger partial charge in [-0.1, -0.05) is 13.3 Å². The first-order chi connectivity index (χ1) is 9.98. The van der Waals surface area contributed by atoms with Gasteiger partial charge in [-0.25, -0.2) is 0 Å². The molecular formula is C15H21F3N2O. The third-order valence-electron chi connectivity index (χ3n) is 3.55. The van der Waals surface area contributed by atoms with Gasteiger partial charge in [-0.05, 0) is 43.7 Å². The minimum Gasteiger partial charge on any atom is -0.406 e. The molecule has 1 heterocycles. The molecule has 1 aromatic carbocycles. The molecule has 1 N–H and O–H groups in total. The van der Waals surface area contributed by atoms with Crippen LogP contribution in [-0.2, 0) is 0 Å².